The van der Waals surface area contributed by atoms with Gasteiger partial charge < -0.3 is 5.11 Å². The van der Waals surface area contributed by atoms with Crippen LogP contribution in [0.3, 0.4) is 0 Å². The highest BCUT2D eigenvalue weighted by atomic mass is 79.9. The summed E-state index contributed by atoms with van der Waals surface area (Å²) in [5, 5.41) is 9.65. The molecule has 0 heterocycles. The second-order valence-corrected chi connectivity index (χ2v) is 4.90. The van der Waals surface area contributed by atoms with Crippen molar-refractivity contribution in [2.45, 2.75) is 32.8 Å². The zero-order valence-electron chi connectivity index (χ0n) is 8.70. The van der Waals surface area contributed by atoms with E-state index in [2.05, 4.69) is 28.1 Å². The first-order valence-corrected chi connectivity index (χ1v) is 5.81. The average Bonchev–Trinajstić information content (AvgIpc) is 2.14. The maximum atomic E-state index is 9.65. The molecule has 0 radical (unpaired) electrons. The molecule has 1 rings (SSSR count). The van der Waals surface area contributed by atoms with Crippen LogP contribution in [0.25, 0.3) is 0 Å². The lowest BCUT2D eigenvalue weighted by Gasteiger charge is -2.13. The maximum absolute atomic E-state index is 9.65. The number of aliphatic hydroxyl groups is 1. The van der Waals surface area contributed by atoms with Gasteiger partial charge in [0.1, 0.15) is 0 Å². The fourth-order valence-corrected chi connectivity index (χ4v) is 1.79. The molecule has 1 aromatic rings. The van der Waals surface area contributed by atoms with Crippen molar-refractivity contribution < 1.29 is 5.11 Å². The Morgan fingerprint density at radius 2 is 2.07 bits per heavy atom. The highest BCUT2D eigenvalue weighted by Crippen LogP contribution is 2.15. The van der Waals surface area contributed by atoms with Crippen molar-refractivity contribution in [2.75, 3.05) is 0 Å². The normalized spacial score (nSPS) is 13.2. The van der Waals surface area contributed by atoms with Crippen molar-refractivity contribution in [3.05, 3.63) is 34.3 Å². The molecule has 0 fully saturated rings. The standard InChI is InChI=1S/C12H17BrO/c1-9(2)12(14)7-6-10-4-3-5-11(13)8-10/h3-5,8-9,12,14H,6-7H2,1-2H3. The number of aliphatic hydroxyl groups excluding tert-OH is 1. The van der Waals surface area contributed by atoms with E-state index < -0.39 is 0 Å². The second-order valence-electron chi connectivity index (χ2n) is 3.98. The monoisotopic (exact) mass is 256 g/mol. The lowest BCUT2D eigenvalue weighted by atomic mass is 9.99. The summed E-state index contributed by atoms with van der Waals surface area (Å²) in [6.45, 7) is 4.09. The highest BCUT2D eigenvalue weighted by Gasteiger charge is 2.08. The van der Waals surface area contributed by atoms with Gasteiger partial charge in [-0.25, -0.2) is 0 Å². The molecule has 0 bridgehead atoms. The van der Waals surface area contributed by atoms with E-state index in [-0.39, 0.29) is 6.10 Å². The van der Waals surface area contributed by atoms with Crippen molar-refractivity contribution in [1.29, 1.82) is 0 Å². The fourth-order valence-electron chi connectivity index (χ4n) is 1.34. The van der Waals surface area contributed by atoms with Crippen molar-refractivity contribution in [2.24, 2.45) is 5.92 Å². The first kappa shape index (κ1) is 11.7. The Morgan fingerprint density at radius 3 is 2.64 bits per heavy atom. The van der Waals surface area contributed by atoms with E-state index in [4.69, 9.17) is 0 Å². The molecule has 78 valence electrons. The van der Waals surface area contributed by atoms with E-state index in [0.29, 0.717) is 5.92 Å². The third-order valence-electron chi connectivity index (χ3n) is 2.39. The second kappa shape index (κ2) is 5.52. The van der Waals surface area contributed by atoms with Crippen molar-refractivity contribution in [3.63, 3.8) is 0 Å². The molecule has 0 aromatic heterocycles. The number of rotatable bonds is 4. The van der Waals surface area contributed by atoms with Crippen LogP contribution in [0, 0.1) is 5.92 Å². The van der Waals surface area contributed by atoms with Gasteiger partial charge in [0, 0.05) is 4.47 Å². The largest absolute Gasteiger partial charge is 0.393 e. The molecular weight excluding hydrogens is 240 g/mol. The summed E-state index contributed by atoms with van der Waals surface area (Å²) in [5.41, 5.74) is 1.28. The van der Waals surface area contributed by atoms with Gasteiger partial charge in [0.25, 0.3) is 0 Å². The SMILES string of the molecule is CC(C)C(O)CCc1cccc(Br)c1. The molecule has 0 amide bonds. The number of hydrogen-bond donors (Lipinski definition) is 1. The van der Waals surface area contributed by atoms with Crippen LogP contribution in [0.1, 0.15) is 25.8 Å². The molecule has 0 aliphatic rings. The van der Waals surface area contributed by atoms with E-state index >= 15 is 0 Å². The summed E-state index contributed by atoms with van der Waals surface area (Å²) in [4.78, 5) is 0. The minimum Gasteiger partial charge on any atom is -0.393 e. The number of benzene rings is 1. The molecule has 1 atom stereocenters. The van der Waals surface area contributed by atoms with Crippen molar-refractivity contribution in [3.8, 4) is 0 Å². The van der Waals surface area contributed by atoms with Crippen molar-refractivity contribution >= 4 is 15.9 Å². The molecule has 0 aliphatic heterocycles. The maximum Gasteiger partial charge on any atom is 0.0566 e. The predicted molar refractivity (Wildman–Crippen MR) is 63.3 cm³/mol. The molecule has 1 unspecified atom stereocenters. The van der Waals surface area contributed by atoms with E-state index in [1.807, 2.05) is 26.0 Å². The number of aryl methyl sites for hydroxylation is 1. The van der Waals surface area contributed by atoms with Crippen LogP contribution in [0.4, 0.5) is 0 Å². The summed E-state index contributed by atoms with van der Waals surface area (Å²) in [7, 11) is 0. The molecule has 2 heteroatoms. The van der Waals surface area contributed by atoms with Crippen LogP contribution in [0.2, 0.25) is 0 Å². The zero-order chi connectivity index (χ0) is 10.6. The molecule has 1 nitrogen and oxygen atoms in total. The van der Waals surface area contributed by atoms with Crippen LogP contribution in [-0.2, 0) is 6.42 Å². The molecule has 14 heavy (non-hydrogen) atoms. The Balaban J connectivity index is 2.45. The Bertz CT molecular complexity index is 283. The van der Waals surface area contributed by atoms with Gasteiger partial charge in [0.2, 0.25) is 0 Å². The van der Waals surface area contributed by atoms with E-state index in [1.165, 1.54) is 5.56 Å². The minimum absolute atomic E-state index is 0.186. The van der Waals surface area contributed by atoms with Gasteiger partial charge in [-0.2, -0.15) is 0 Å². The molecule has 0 aliphatic carbocycles. The fraction of sp³-hybridized carbons (Fsp3) is 0.500. The van der Waals surface area contributed by atoms with Gasteiger partial charge in [0.15, 0.2) is 0 Å². The van der Waals surface area contributed by atoms with Gasteiger partial charge >= 0.3 is 0 Å². The summed E-state index contributed by atoms with van der Waals surface area (Å²) in [6, 6.07) is 8.24. The molecule has 1 N–H and O–H groups in total. The van der Waals surface area contributed by atoms with Crippen LogP contribution in [-0.4, -0.2) is 11.2 Å². The third kappa shape index (κ3) is 3.81. The average molecular weight is 257 g/mol. The van der Waals surface area contributed by atoms with Crippen LogP contribution < -0.4 is 0 Å². The van der Waals surface area contributed by atoms with Gasteiger partial charge in [0.05, 0.1) is 6.10 Å². The highest BCUT2D eigenvalue weighted by molar-refractivity contribution is 9.10. The van der Waals surface area contributed by atoms with Crippen LogP contribution >= 0.6 is 15.9 Å². The Kier molecular flexibility index (Phi) is 4.63. The van der Waals surface area contributed by atoms with Crippen LogP contribution in [0.5, 0.6) is 0 Å². The van der Waals surface area contributed by atoms with Gasteiger partial charge in [-0.3, -0.25) is 0 Å². The lowest BCUT2D eigenvalue weighted by Crippen LogP contribution is -2.15. The first-order chi connectivity index (χ1) is 6.59. The third-order valence-corrected chi connectivity index (χ3v) is 2.88. The quantitative estimate of drug-likeness (QED) is 0.876. The van der Waals surface area contributed by atoms with Gasteiger partial charge in [-0.15, -0.1) is 0 Å². The summed E-state index contributed by atoms with van der Waals surface area (Å²) < 4.78 is 1.11. The van der Waals surface area contributed by atoms with Gasteiger partial charge in [-0.05, 0) is 36.5 Å². The van der Waals surface area contributed by atoms with E-state index in [9.17, 15) is 5.11 Å². The Morgan fingerprint density at radius 1 is 1.36 bits per heavy atom. The molecule has 0 saturated heterocycles. The first-order valence-electron chi connectivity index (χ1n) is 5.02. The zero-order valence-corrected chi connectivity index (χ0v) is 10.3. The Hall–Kier alpha value is -0.340. The number of halogens is 1. The van der Waals surface area contributed by atoms with Crippen molar-refractivity contribution in [1.82, 2.24) is 0 Å². The molecule has 0 spiro atoms. The summed E-state index contributed by atoms with van der Waals surface area (Å²) in [6.07, 6.45) is 1.60. The minimum atomic E-state index is -0.186. The van der Waals surface area contributed by atoms with E-state index in [1.54, 1.807) is 0 Å². The van der Waals surface area contributed by atoms with Crippen LogP contribution in [0.15, 0.2) is 28.7 Å². The molecular formula is C12H17BrO. The van der Waals surface area contributed by atoms with E-state index in [0.717, 1.165) is 17.3 Å². The Labute approximate surface area is 94.3 Å². The number of hydrogen-bond acceptors (Lipinski definition) is 1. The summed E-state index contributed by atoms with van der Waals surface area (Å²) in [5.74, 6) is 0.349. The van der Waals surface area contributed by atoms with Gasteiger partial charge in [-0.1, -0.05) is 41.9 Å². The smallest absolute Gasteiger partial charge is 0.0566 e. The molecule has 0 saturated carbocycles. The topological polar surface area (TPSA) is 20.2 Å². The summed E-state index contributed by atoms with van der Waals surface area (Å²) >= 11 is 3.44. The molecule has 1 aromatic carbocycles. The predicted octanol–water partition coefficient (Wildman–Crippen LogP) is 3.40. The lowest BCUT2D eigenvalue weighted by molar-refractivity contribution is 0.116.